The fraction of sp³-hybridized carbons (Fsp3) is 0.857. The van der Waals surface area contributed by atoms with Gasteiger partial charge in [0.25, 0.3) is 0 Å². The second kappa shape index (κ2) is 9.30. The van der Waals surface area contributed by atoms with Crippen LogP contribution in [0.5, 0.6) is 0 Å². The largest absolute Gasteiger partial charge is 0.0744 e. The van der Waals surface area contributed by atoms with Gasteiger partial charge in [0, 0.05) is 0 Å². The second-order valence-electron chi connectivity index (χ2n) is 4.47. The highest BCUT2D eigenvalue weighted by Gasteiger charge is 1.97. The predicted octanol–water partition coefficient (Wildman–Crippen LogP) is 5.48. The minimum atomic E-state index is 1.33. The van der Waals surface area contributed by atoms with E-state index in [-0.39, 0.29) is 0 Å². The number of rotatable bonds is 8. The van der Waals surface area contributed by atoms with Crippen LogP contribution in [0.3, 0.4) is 0 Å². The molecule has 0 aliphatic heterocycles. The lowest BCUT2D eigenvalue weighted by atomic mass is 10.00. The molecule has 0 spiro atoms. The Labute approximate surface area is 90.8 Å². The third-order valence-corrected chi connectivity index (χ3v) is 3.04. The van der Waals surface area contributed by atoms with Gasteiger partial charge in [0.15, 0.2) is 0 Å². The van der Waals surface area contributed by atoms with Gasteiger partial charge in [-0.15, -0.1) is 0 Å². The molecule has 0 bridgehead atoms. The summed E-state index contributed by atoms with van der Waals surface area (Å²) in [6.07, 6.45) is 10.9. The summed E-state index contributed by atoms with van der Waals surface area (Å²) in [6.45, 7) is 9.17. The van der Waals surface area contributed by atoms with Crippen LogP contribution in [0.4, 0.5) is 0 Å². The summed E-state index contributed by atoms with van der Waals surface area (Å²) in [5, 5.41) is 0. The molecule has 0 aromatic heterocycles. The lowest BCUT2D eigenvalue weighted by Gasteiger charge is -2.07. The number of hydrogen-bond acceptors (Lipinski definition) is 0. The van der Waals surface area contributed by atoms with E-state index < -0.39 is 0 Å². The molecule has 0 unspecified atom stereocenters. The maximum atomic E-state index is 2.32. The molecule has 14 heavy (non-hydrogen) atoms. The van der Waals surface area contributed by atoms with Crippen LogP contribution < -0.4 is 0 Å². The maximum absolute atomic E-state index is 2.32. The number of allylic oxidation sites excluding steroid dienone is 2. The van der Waals surface area contributed by atoms with Crippen LogP contribution in [0, 0.1) is 0 Å². The van der Waals surface area contributed by atoms with Gasteiger partial charge < -0.3 is 0 Å². The Morgan fingerprint density at radius 2 is 1.00 bits per heavy atom. The molecular formula is C14H28. The number of unbranched alkanes of at least 4 members (excludes halogenated alkanes) is 4. The van der Waals surface area contributed by atoms with E-state index in [0.29, 0.717) is 0 Å². The zero-order chi connectivity index (χ0) is 10.8. The molecule has 0 aliphatic carbocycles. The Hall–Kier alpha value is -0.260. The summed E-state index contributed by atoms with van der Waals surface area (Å²) in [5.74, 6) is 0. The molecule has 84 valence electrons. The second-order valence-corrected chi connectivity index (χ2v) is 4.47. The number of hydrogen-bond donors (Lipinski definition) is 0. The standard InChI is InChI=1S/C14H28/c1-5-7-9-11-13(3)14(4)12-10-8-6-2/h5-12H2,1-4H3/b14-13-. The Morgan fingerprint density at radius 1 is 0.643 bits per heavy atom. The van der Waals surface area contributed by atoms with E-state index in [0.717, 1.165) is 0 Å². The average molecular weight is 196 g/mol. The third kappa shape index (κ3) is 7.17. The summed E-state index contributed by atoms with van der Waals surface area (Å²) in [4.78, 5) is 0. The van der Waals surface area contributed by atoms with Crippen LogP contribution in [-0.4, -0.2) is 0 Å². The molecule has 0 N–H and O–H groups in total. The van der Waals surface area contributed by atoms with E-state index in [1.807, 2.05) is 0 Å². The lowest BCUT2D eigenvalue weighted by Crippen LogP contribution is -1.87. The van der Waals surface area contributed by atoms with Crippen molar-refractivity contribution < 1.29 is 0 Å². The van der Waals surface area contributed by atoms with Crippen LogP contribution in [0.2, 0.25) is 0 Å². The van der Waals surface area contributed by atoms with Crippen molar-refractivity contribution in [3.8, 4) is 0 Å². The van der Waals surface area contributed by atoms with Crippen molar-refractivity contribution in [1.82, 2.24) is 0 Å². The van der Waals surface area contributed by atoms with E-state index in [1.165, 1.54) is 51.4 Å². The fourth-order valence-electron chi connectivity index (χ4n) is 1.71. The highest BCUT2D eigenvalue weighted by Crippen LogP contribution is 2.17. The van der Waals surface area contributed by atoms with E-state index in [4.69, 9.17) is 0 Å². The minimum Gasteiger partial charge on any atom is -0.0744 e. The van der Waals surface area contributed by atoms with Crippen molar-refractivity contribution in [3.05, 3.63) is 11.1 Å². The summed E-state index contributed by atoms with van der Waals surface area (Å²) >= 11 is 0. The minimum absolute atomic E-state index is 1.33. The molecule has 0 nitrogen and oxygen atoms in total. The lowest BCUT2D eigenvalue weighted by molar-refractivity contribution is 0.686. The van der Waals surface area contributed by atoms with Gasteiger partial charge in [0.05, 0.1) is 0 Å². The van der Waals surface area contributed by atoms with Crippen LogP contribution in [-0.2, 0) is 0 Å². The van der Waals surface area contributed by atoms with Gasteiger partial charge in [-0.25, -0.2) is 0 Å². The predicted molar refractivity (Wildman–Crippen MR) is 66.7 cm³/mol. The third-order valence-electron chi connectivity index (χ3n) is 3.04. The van der Waals surface area contributed by atoms with Gasteiger partial charge in [0.2, 0.25) is 0 Å². The first-order valence-corrected chi connectivity index (χ1v) is 6.37. The molecule has 0 aliphatic rings. The molecule has 0 amide bonds. The molecular weight excluding hydrogens is 168 g/mol. The normalized spacial score (nSPS) is 12.9. The average Bonchev–Trinajstić information content (AvgIpc) is 2.18. The van der Waals surface area contributed by atoms with Gasteiger partial charge in [-0.3, -0.25) is 0 Å². The molecule has 0 fully saturated rings. The Balaban J connectivity index is 3.66. The van der Waals surface area contributed by atoms with Crippen LogP contribution >= 0.6 is 0 Å². The summed E-state index contributed by atoms with van der Waals surface area (Å²) in [5.41, 5.74) is 3.30. The topological polar surface area (TPSA) is 0 Å². The van der Waals surface area contributed by atoms with Gasteiger partial charge in [-0.2, -0.15) is 0 Å². The molecule has 0 atom stereocenters. The van der Waals surface area contributed by atoms with E-state index in [2.05, 4.69) is 27.7 Å². The zero-order valence-corrected chi connectivity index (χ0v) is 10.7. The monoisotopic (exact) mass is 196 g/mol. The summed E-state index contributed by atoms with van der Waals surface area (Å²) in [7, 11) is 0. The summed E-state index contributed by atoms with van der Waals surface area (Å²) in [6, 6.07) is 0. The van der Waals surface area contributed by atoms with Crippen molar-refractivity contribution in [3.63, 3.8) is 0 Å². The van der Waals surface area contributed by atoms with Crippen LogP contribution in [0.1, 0.15) is 79.1 Å². The summed E-state index contributed by atoms with van der Waals surface area (Å²) < 4.78 is 0. The van der Waals surface area contributed by atoms with Crippen molar-refractivity contribution in [2.45, 2.75) is 79.1 Å². The van der Waals surface area contributed by atoms with Gasteiger partial charge in [-0.05, 0) is 39.5 Å². The molecule has 0 saturated heterocycles. The van der Waals surface area contributed by atoms with Crippen molar-refractivity contribution in [1.29, 1.82) is 0 Å². The first kappa shape index (κ1) is 13.7. The van der Waals surface area contributed by atoms with Crippen LogP contribution in [0.15, 0.2) is 11.1 Å². The molecule has 0 aromatic rings. The molecule has 0 radical (unpaired) electrons. The van der Waals surface area contributed by atoms with E-state index in [9.17, 15) is 0 Å². The highest BCUT2D eigenvalue weighted by atomic mass is 14.0. The SMILES string of the molecule is CCCCC/C(C)=C(/C)CCCCC. The van der Waals surface area contributed by atoms with Crippen LogP contribution in [0.25, 0.3) is 0 Å². The first-order chi connectivity index (χ1) is 6.72. The van der Waals surface area contributed by atoms with Crippen molar-refractivity contribution in [2.24, 2.45) is 0 Å². The molecule has 0 aromatic carbocycles. The smallest absolute Gasteiger partial charge is 0.0320 e. The Bertz CT molecular complexity index is 135. The molecule has 0 rings (SSSR count). The molecule has 0 saturated carbocycles. The zero-order valence-electron chi connectivity index (χ0n) is 10.7. The van der Waals surface area contributed by atoms with Gasteiger partial charge >= 0.3 is 0 Å². The van der Waals surface area contributed by atoms with Gasteiger partial charge in [0.1, 0.15) is 0 Å². The molecule has 0 heteroatoms. The maximum Gasteiger partial charge on any atom is -0.0320 e. The Morgan fingerprint density at radius 3 is 1.29 bits per heavy atom. The van der Waals surface area contributed by atoms with E-state index in [1.54, 1.807) is 11.1 Å². The first-order valence-electron chi connectivity index (χ1n) is 6.37. The van der Waals surface area contributed by atoms with Crippen molar-refractivity contribution >= 4 is 0 Å². The van der Waals surface area contributed by atoms with Gasteiger partial charge in [-0.1, -0.05) is 50.7 Å². The quantitative estimate of drug-likeness (QED) is 0.356. The van der Waals surface area contributed by atoms with E-state index >= 15 is 0 Å². The molecule has 0 heterocycles. The fourth-order valence-corrected chi connectivity index (χ4v) is 1.71. The highest BCUT2D eigenvalue weighted by molar-refractivity contribution is 5.09. The van der Waals surface area contributed by atoms with Crippen molar-refractivity contribution in [2.75, 3.05) is 0 Å². The Kier molecular flexibility index (Phi) is 9.13.